The largest absolute Gasteiger partial charge is 0.439 e. The Morgan fingerprint density at radius 1 is 1.33 bits per heavy atom. The van der Waals surface area contributed by atoms with E-state index in [9.17, 15) is 0 Å². The second kappa shape index (κ2) is 4.45. The number of nitrogens with zero attached hydrogens (tertiary/aromatic N) is 1. The molecule has 0 spiro atoms. The van der Waals surface area contributed by atoms with E-state index in [1.54, 1.807) is 0 Å². The Hall–Kier alpha value is -1.35. The molecule has 0 atom stereocenters. The number of aryl methyl sites for hydroxylation is 1. The summed E-state index contributed by atoms with van der Waals surface area (Å²) in [5, 5.41) is 3.20. The quantitative estimate of drug-likeness (QED) is 0.831. The normalized spacial score (nSPS) is 11.1. The lowest BCUT2D eigenvalue weighted by Gasteiger charge is -1.93. The van der Waals surface area contributed by atoms with Gasteiger partial charge in [-0.25, -0.2) is 4.98 Å². The maximum absolute atomic E-state index is 5.60. The number of hydrogen-bond donors (Lipinski definition) is 1. The fourth-order valence-electron chi connectivity index (χ4n) is 1.55. The van der Waals surface area contributed by atoms with Crippen LogP contribution in [0.3, 0.4) is 0 Å². The number of aromatic nitrogens is 1. The average molecular weight is 204 g/mol. The van der Waals surface area contributed by atoms with Gasteiger partial charge in [0.05, 0.1) is 6.54 Å². The first kappa shape index (κ1) is 10.2. The second-order valence-corrected chi connectivity index (χ2v) is 3.54. The van der Waals surface area contributed by atoms with Crippen LogP contribution in [0.15, 0.2) is 22.6 Å². The molecule has 0 fully saturated rings. The van der Waals surface area contributed by atoms with E-state index >= 15 is 0 Å². The Morgan fingerprint density at radius 2 is 2.20 bits per heavy atom. The molecule has 0 saturated carbocycles. The number of nitrogens with one attached hydrogen (secondary N) is 1. The van der Waals surface area contributed by atoms with Gasteiger partial charge >= 0.3 is 0 Å². The van der Waals surface area contributed by atoms with E-state index in [4.69, 9.17) is 4.42 Å². The molecule has 0 amide bonds. The van der Waals surface area contributed by atoms with Crippen molar-refractivity contribution in [2.24, 2.45) is 0 Å². The van der Waals surface area contributed by atoms with Gasteiger partial charge in [-0.15, -0.1) is 0 Å². The van der Waals surface area contributed by atoms with Crippen molar-refractivity contribution in [1.82, 2.24) is 10.3 Å². The van der Waals surface area contributed by atoms with Crippen LogP contribution in [-0.2, 0) is 13.0 Å². The van der Waals surface area contributed by atoms with Gasteiger partial charge in [0.1, 0.15) is 5.52 Å². The molecule has 0 aliphatic rings. The van der Waals surface area contributed by atoms with Gasteiger partial charge in [0, 0.05) is 0 Å². The number of fused-ring (bicyclic) bond motifs is 1. The van der Waals surface area contributed by atoms with Gasteiger partial charge in [0.15, 0.2) is 5.58 Å². The fourth-order valence-corrected chi connectivity index (χ4v) is 1.55. The van der Waals surface area contributed by atoms with Gasteiger partial charge in [-0.3, -0.25) is 0 Å². The Balaban J connectivity index is 2.29. The zero-order valence-corrected chi connectivity index (χ0v) is 9.21. The van der Waals surface area contributed by atoms with Gasteiger partial charge < -0.3 is 9.73 Å². The predicted molar refractivity (Wildman–Crippen MR) is 60.8 cm³/mol. The van der Waals surface area contributed by atoms with Crippen LogP contribution in [-0.4, -0.2) is 11.5 Å². The van der Waals surface area contributed by atoms with Crippen molar-refractivity contribution in [2.75, 3.05) is 6.54 Å². The van der Waals surface area contributed by atoms with E-state index in [-0.39, 0.29) is 0 Å². The minimum Gasteiger partial charge on any atom is -0.439 e. The van der Waals surface area contributed by atoms with Crippen LogP contribution in [0.1, 0.15) is 25.3 Å². The van der Waals surface area contributed by atoms with Gasteiger partial charge in [0.25, 0.3) is 0 Å². The summed E-state index contributed by atoms with van der Waals surface area (Å²) in [6.07, 6.45) is 1.03. The summed E-state index contributed by atoms with van der Waals surface area (Å²) in [5.74, 6) is 0.764. The van der Waals surface area contributed by atoms with Crippen molar-refractivity contribution < 1.29 is 4.42 Å². The molecule has 0 bridgehead atoms. The van der Waals surface area contributed by atoms with Crippen LogP contribution >= 0.6 is 0 Å². The molecule has 1 heterocycles. The molecule has 1 N–H and O–H groups in total. The molecule has 0 radical (unpaired) electrons. The zero-order valence-electron chi connectivity index (χ0n) is 9.21. The molecule has 3 heteroatoms. The van der Waals surface area contributed by atoms with Crippen LogP contribution in [0.25, 0.3) is 11.1 Å². The molecule has 0 aliphatic heterocycles. The standard InChI is InChI=1S/C12H16N2O/c1-3-9-5-6-11-10(7-9)14-12(15-11)8-13-4-2/h5-7,13H,3-4,8H2,1-2H3. The Labute approximate surface area is 89.5 Å². The van der Waals surface area contributed by atoms with Crippen LogP contribution in [0, 0.1) is 0 Å². The highest BCUT2D eigenvalue weighted by Crippen LogP contribution is 2.17. The lowest BCUT2D eigenvalue weighted by molar-refractivity contribution is 0.501. The van der Waals surface area contributed by atoms with Crippen molar-refractivity contribution in [3.05, 3.63) is 29.7 Å². The van der Waals surface area contributed by atoms with E-state index in [1.165, 1.54) is 5.56 Å². The van der Waals surface area contributed by atoms with Crippen LogP contribution in [0.2, 0.25) is 0 Å². The summed E-state index contributed by atoms with van der Waals surface area (Å²) in [4.78, 5) is 4.43. The van der Waals surface area contributed by atoms with E-state index in [1.807, 2.05) is 6.07 Å². The molecule has 0 unspecified atom stereocenters. The van der Waals surface area contributed by atoms with E-state index < -0.39 is 0 Å². The highest BCUT2D eigenvalue weighted by molar-refractivity contribution is 5.73. The van der Waals surface area contributed by atoms with Crippen molar-refractivity contribution >= 4 is 11.1 Å². The molecule has 15 heavy (non-hydrogen) atoms. The first-order valence-electron chi connectivity index (χ1n) is 5.42. The van der Waals surface area contributed by atoms with Crippen molar-refractivity contribution in [1.29, 1.82) is 0 Å². The topological polar surface area (TPSA) is 38.1 Å². The highest BCUT2D eigenvalue weighted by Gasteiger charge is 2.04. The monoisotopic (exact) mass is 204 g/mol. The lowest BCUT2D eigenvalue weighted by atomic mass is 10.1. The number of rotatable bonds is 4. The first-order valence-corrected chi connectivity index (χ1v) is 5.42. The predicted octanol–water partition coefficient (Wildman–Crippen LogP) is 2.50. The summed E-state index contributed by atoms with van der Waals surface area (Å²) < 4.78 is 5.60. The van der Waals surface area contributed by atoms with Crippen LogP contribution in [0.4, 0.5) is 0 Å². The van der Waals surface area contributed by atoms with E-state index in [2.05, 4.69) is 36.3 Å². The SMILES string of the molecule is CCNCc1nc2cc(CC)ccc2o1. The van der Waals surface area contributed by atoms with Crippen LogP contribution in [0.5, 0.6) is 0 Å². The number of oxazole rings is 1. The zero-order chi connectivity index (χ0) is 10.7. The molecule has 2 aromatic rings. The number of benzene rings is 1. The van der Waals surface area contributed by atoms with Gasteiger partial charge in [0.2, 0.25) is 5.89 Å². The van der Waals surface area contributed by atoms with E-state index in [0.29, 0.717) is 6.54 Å². The van der Waals surface area contributed by atoms with Crippen LogP contribution < -0.4 is 5.32 Å². The highest BCUT2D eigenvalue weighted by atomic mass is 16.3. The van der Waals surface area contributed by atoms with Gasteiger partial charge in [-0.1, -0.05) is 19.9 Å². The Bertz CT molecular complexity index is 448. The molecule has 3 nitrogen and oxygen atoms in total. The van der Waals surface area contributed by atoms with Crippen molar-refractivity contribution in [3.8, 4) is 0 Å². The third-order valence-corrected chi connectivity index (χ3v) is 2.43. The average Bonchev–Trinajstić information content (AvgIpc) is 2.67. The lowest BCUT2D eigenvalue weighted by Crippen LogP contribution is -2.11. The molecule has 2 rings (SSSR count). The summed E-state index contributed by atoms with van der Waals surface area (Å²) in [6, 6.07) is 6.18. The van der Waals surface area contributed by atoms with Crippen molar-refractivity contribution in [2.45, 2.75) is 26.8 Å². The fraction of sp³-hybridized carbons (Fsp3) is 0.417. The summed E-state index contributed by atoms with van der Waals surface area (Å²) in [7, 11) is 0. The van der Waals surface area contributed by atoms with Gasteiger partial charge in [-0.05, 0) is 30.7 Å². The minimum atomic E-state index is 0.701. The van der Waals surface area contributed by atoms with Gasteiger partial charge in [-0.2, -0.15) is 0 Å². The molecule has 1 aromatic heterocycles. The summed E-state index contributed by atoms with van der Waals surface area (Å²) in [6.45, 7) is 5.84. The third kappa shape index (κ3) is 2.18. The van der Waals surface area contributed by atoms with Crippen molar-refractivity contribution in [3.63, 3.8) is 0 Å². The maximum Gasteiger partial charge on any atom is 0.209 e. The first-order chi connectivity index (χ1) is 7.33. The molecule has 1 aromatic carbocycles. The Morgan fingerprint density at radius 3 is 2.93 bits per heavy atom. The Kier molecular flexibility index (Phi) is 3.02. The maximum atomic E-state index is 5.60. The molecular weight excluding hydrogens is 188 g/mol. The third-order valence-electron chi connectivity index (χ3n) is 2.43. The number of hydrogen-bond acceptors (Lipinski definition) is 3. The molecular formula is C12H16N2O. The second-order valence-electron chi connectivity index (χ2n) is 3.54. The smallest absolute Gasteiger partial charge is 0.209 e. The molecule has 0 saturated heterocycles. The summed E-state index contributed by atoms with van der Waals surface area (Å²) >= 11 is 0. The van der Waals surface area contributed by atoms with E-state index in [0.717, 1.165) is 30.0 Å². The molecule has 80 valence electrons. The summed E-state index contributed by atoms with van der Waals surface area (Å²) in [5.41, 5.74) is 3.13. The molecule has 0 aliphatic carbocycles. The minimum absolute atomic E-state index is 0.701.